The minimum atomic E-state index is -1.20. The summed E-state index contributed by atoms with van der Waals surface area (Å²) in [5, 5.41) is 2.67. The topological polar surface area (TPSA) is 94.9 Å². The van der Waals surface area contributed by atoms with E-state index in [1.165, 1.54) is 17.4 Å². The first-order valence-electron chi connectivity index (χ1n) is 12.6. The van der Waals surface area contributed by atoms with Crippen LogP contribution in [0.1, 0.15) is 86.3 Å². The van der Waals surface area contributed by atoms with Gasteiger partial charge in [-0.2, -0.15) is 4.98 Å². The lowest BCUT2D eigenvalue weighted by Gasteiger charge is -2.37. The molecule has 34 heavy (non-hydrogen) atoms. The molecule has 0 aromatic carbocycles. The second-order valence-electron chi connectivity index (χ2n) is 10.4. The number of carbonyl (C=O) groups is 1. The second kappa shape index (κ2) is 10.3. The molecular formula is C24H39N4O5P. The Morgan fingerprint density at radius 2 is 2.12 bits per heavy atom. The van der Waals surface area contributed by atoms with E-state index in [2.05, 4.69) is 42.7 Å². The minimum absolute atomic E-state index is 0.132. The summed E-state index contributed by atoms with van der Waals surface area (Å²) in [5.74, 6) is -0.116. The van der Waals surface area contributed by atoms with Gasteiger partial charge in [0.15, 0.2) is 0 Å². The van der Waals surface area contributed by atoms with E-state index in [1.807, 2.05) is 0 Å². The van der Waals surface area contributed by atoms with Gasteiger partial charge < -0.3 is 19.1 Å². The molecule has 3 heterocycles. The fourth-order valence-corrected chi connectivity index (χ4v) is 7.43. The molecular weight excluding hydrogens is 455 g/mol. The number of anilines is 1. The quantitative estimate of drug-likeness (QED) is 0.554. The van der Waals surface area contributed by atoms with Crippen LogP contribution in [0.2, 0.25) is 0 Å². The molecule has 2 aliphatic heterocycles. The summed E-state index contributed by atoms with van der Waals surface area (Å²) in [6.07, 6.45) is 6.81. The van der Waals surface area contributed by atoms with Gasteiger partial charge in [0, 0.05) is 30.6 Å². The molecule has 3 fully saturated rings. The summed E-state index contributed by atoms with van der Waals surface area (Å²) in [4.78, 5) is 28.7. The van der Waals surface area contributed by atoms with Gasteiger partial charge in [0.05, 0.1) is 17.8 Å². The SMILES string of the molecule is CCC1OC(n2ccc(NC(=O)C(C)C)nc2=O)CC1OP1O[C@]2(C)CCCC[C@@H]2N1C(C)C. The number of amides is 1. The zero-order valence-corrected chi connectivity index (χ0v) is 22.1. The second-order valence-corrected chi connectivity index (χ2v) is 11.8. The molecule has 1 aromatic heterocycles. The third-order valence-electron chi connectivity index (χ3n) is 7.15. The van der Waals surface area contributed by atoms with Crippen LogP contribution < -0.4 is 11.0 Å². The molecule has 10 heteroatoms. The van der Waals surface area contributed by atoms with Crippen LogP contribution >= 0.6 is 8.53 Å². The maximum absolute atomic E-state index is 12.7. The van der Waals surface area contributed by atoms with Gasteiger partial charge in [0.25, 0.3) is 8.53 Å². The predicted octanol–water partition coefficient (Wildman–Crippen LogP) is 4.59. The molecule has 9 nitrogen and oxygen atoms in total. The van der Waals surface area contributed by atoms with E-state index in [4.69, 9.17) is 13.8 Å². The lowest BCUT2D eigenvalue weighted by atomic mass is 9.81. The molecule has 0 spiro atoms. The highest BCUT2D eigenvalue weighted by Gasteiger charge is 2.55. The van der Waals surface area contributed by atoms with E-state index in [0.29, 0.717) is 18.5 Å². The van der Waals surface area contributed by atoms with E-state index < -0.39 is 20.4 Å². The van der Waals surface area contributed by atoms with E-state index in [1.54, 1.807) is 26.1 Å². The van der Waals surface area contributed by atoms with Crippen molar-refractivity contribution in [3.8, 4) is 0 Å². The number of rotatable bonds is 7. The van der Waals surface area contributed by atoms with Gasteiger partial charge in [-0.05, 0) is 46.1 Å². The molecule has 4 unspecified atom stereocenters. The Kier molecular flexibility index (Phi) is 7.80. The third-order valence-corrected chi connectivity index (χ3v) is 9.30. The van der Waals surface area contributed by atoms with E-state index >= 15 is 0 Å². The molecule has 4 rings (SSSR count). The number of aromatic nitrogens is 2. The highest BCUT2D eigenvalue weighted by Crippen LogP contribution is 2.62. The number of nitrogens with zero attached hydrogens (tertiary/aromatic N) is 3. The minimum Gasteiger partial charge on any atom is -0.352 e. The molecule has 1 aromatic rings. The average molecular weight is 495 g/mol. The Balaban J connectivity index is 1.48. The van der Waals surface area contributed by atoms with Crippen molar-refractivity contribution in [2.45, 2.75) is 116 Å². The maximum Gasteiger partial charge on any atom is 0.351 e. The van der Waals surface area contributed by atoms with Crippen molar-refractivity contribution in [1.82, 2.24) is 14.2 Å². The number of nitrogens with one attached hydrogen (secondary N) is 1. The fourth-order valence-electron chi connectivity index (χ4n) is 5.20. The van der Waals surface area contributed by atoms with Crippen molar-refractivity contribution >= 4 is 20.3 Å². The summed E-state index contributed by atoms with van der Waals surface area (Å²) in [7, 11) is -1.20. The highest BCUT2D eigenvalue weighted by molar-refractivity contribution is 7.45. The molecule has 1 saturated carbocycles. The van der Waals surface area contributed by atoms with Crippen LogP contribution in [0.4, 0.5) is 5.82 Å². The van der Waals surface area contributed by atoms with Crippen LogP contribution in [-0.4, -0.2) is 50.0 Å². The Morgan fingerprint density at radius 3 is 2.76 bits per heavy atom. The van der Waals surface area contributed by atoms with E-state index in [0.717, 1.165) is 19.3 Å². The number of fused-ring (bicyclic) bond motifs is 1. The molecule has 0 bridgehead atoms. The molecule has 1 aliphatic carbocycles. The standard InChI is InChI=1S/C24H39N4O5P/c1-7-17-18(32-34-28(16(4)5)19-10-8-9-12-24(19,6)33-34)14-21(31-17)27-13-11-20(26-23(27)30)25-22(29)15(2)3/h11,13,15-19,21H,7-10,12,14H2,1-6H3,(H,25,26,29,30)/t17?,18?,19-,21?,24+,34?/m0/s1. The molecule has 6 atom stereocenters. The summed E-state index contributed by atoms with van der Waals surface area (Å²) in [6, 6.07) is 2.34. The van der Waals surface area contributed by atoms with Crippen LogP contribution in [0, 0.1) is 5.92 Å². The van der Waals surface area contributed by atoms with Crippen molar-refractivity contribution in [3.05, 3.63) is 22.7 Å². The largest absolute Gasteiger partial charge is 0.352 e. The lowest BCUT2D eigenvalue weighted by Crippen LogP contribution is -2.47. The van der Waals surface area contributed by atoms with Gasteiger partial charge in [-0.15, -0.1) is 0 Å². The zero-order chi connectivity index (χ0) is 24.6. The molecule has 1 amide bonds. The van der Waals surface area contributed by atoms with Gasteiger partial charge >= 0.3 is 5.69 Å². The number of hydrogen-bond acceptors (Lipinski definition) is 7. The van der Waals surface area contributed by atoms with Crippen molar-refractivity contribution in [3.63, 3.8) is 0 Å². The van der Waals surface area contributed by atoms with E-state index in [9.17, 15) is 9.59 Å². The Bertz CT molecular complexity index is 940. The normalized spacial score (nSPS) is 34.1. The molecule has 1 N–H and O–H groups in total. The van der Waals surface area contributed by atoms with E-state index in [-0.39, 0.29) is 35.5 Å². The first-order valence-corrected chi connectivity index (χ1v) is 13.8. The van der Waals surface area contributed by atoms with Crippen molar-refractivity contribution in [1.29, 1.82) is 0 Å². The lowest BCUT2D eigenvalue weighted by molar-refractivity contribution is -0.118. The maximum atomic E-state index is 12.7. The zero-order valence-electron chi connectivity index (χ0n) is 21.2. The third kappa shape index (κ3) is 5.09. The van der Waals surface area contributed by atoms with Crippen LogP contribution in [0.15, 0.2) is 17.1 Å². The molecule has 3 aliphatic rings. The van der Waals surface area contributed by atoms with Gasteiger partial charge in [-0.1, -0.05) is 33.6 Å². The Labute approximate surface area is 203 Å². The van der Waals surface area contributed by atoms with Crippen molar-refractivity contribution in [2.24, 2.45) is 5.92 Å². The summed E-state index contributed by atoms with van der Waals surface area (Å²) in [6.45, 7) is 12.3. The van der Waals surface area contributed by atoms with Crippen LogP contribution in [0.3, 0.4) is 0 Å². The van der Waals surface area contributed by atoms with Crippen molar-refractivity contribution < 1.29 is 18.6 Å². The monoisotopic (exact) mass is 494 g/mol. The van der Waals surface area contributed by atoms with Gasteiger partial charge in [-0.25, -0.2) is 9.46 Å². The number of hydrogen-bond donors (Lipinski definition) is 1. The van der Waals surface area contributed by atoms with Crippen LogP contribution in [0.25, 0.3) is 0 Å². The predicted molar refractivity (Wildman–Crippen MR) is 131 cm³/mol. The first-order chi connectivity index (χ1) is 16.1. The smallest absolute Gasteiger partial charge is 0.351 e. The van der Waals surface area contributed by atoms with Gasteiger partial charge in [-0.3, -0.25) is 9.36 Å². The van der Waals surface area contributed by atoms with Gasteiger partial charge in [0.2, 0.25) is 5.91 Å². The number of carbonyl (C=O) groups excluding carboxylic acids is 1. The average Bonchev–Trinajstić information content (AvgIpc) is 3.31. The van der Waals surface area contributed by atoms with Crippen LogP contribution in [-0.2, 0) is 18.6 Å². The summed E-state index contributed by atoms with van der Waals surface area (Å²) in [5.41, 5.74) is -0.612. The van der Waals surface area contributed by atoms with Crippen LogP contribution in [0.5, 0.6) is 0 Å². The molecule has 0 radical (unpaired) electrons. The Hall–Kier alpha value is -1.38. The number of ether oxygens (including phenoxy) is 1. The first kappa shape index (κ1) is 25.7. The molecule has 190 valence electrons. The highest BCUT2D eigenvalue weighted by atomic mass is 31.2. The van der Waals surface area contributed by atoms with Gasteiger partial charge in [0.1, 0.15) is 12.0 Å². The van der Waals surface area contributed by atoms with Crippen molar-refractivity contribution in [2.75, 3.05) is 5.32 Å². The Morgan fingerprint density at radius 1 is 1.35 bits per heavy atom. The summed E-state index contributed by atoms with van der Waals surface area (Å²) >= 11 is 0. The molecule has 2 saturated heterocycles. The summed E-state index contributed by atoms with van der Waals surface area (Å²) < 4.78 is 23.4. The fraction of sp³-hybridized carbons (Fsp3) is 0.792.